The second kappa shape index (κ2) is 11.2. The predicted molar refractivity (Wildman–Crippen MR) is 217 cm³/mol. The number of thiophene rings is 2. The molecule has 51 heavy (non-hydrogen) atoms. The molecule has 238 valence electrons. The molecule has 0 atom stereocenters. The van der Waals surface area contributed by atoms with Crippen LogP contribution in [0.15, 0.2) is 162 Å². The summed E-state index contributed by atoms with van der Waals surface area (Å²) >= 11 is 3.71. The Morgan fingerprint density at radius 1 is 0.412 bits per heavy atom. The van der Waals surface area contributed by atoms with Gasteiger partial charge in [-0.15, -0.1) is 22.7 Å². The molecule has 5 heteroatoms. The molecule has 0 unspecified atom stereocenters. The van der Waals surface area contributed by atoms with E-state index in [4.69, 9.17) is 14.4 Å². The van der Waals surface area contributed by atoms with Crippen molar-refractivity contribution in [1.82, 2.24) is 9.97 Å². The first kappa shape index (κ1) is 28.7. The summed E-state index contributed by atoms with van der Waals surface area (Å²) in [5.74, 6) is 0. The molecule has 0 aliphatic carbocycles. The van der Waals surface area contributed by atoms with Crippen LogP contribution in [0.5, 0.6) is 0 Å². The first-order chi connectivity index (χ1) is 25.3. The Hall–Kier alpha value is -6.14. The van der Waals surface area contributed by atoms with Crippen molar-refractivity contribution in [2.24, 2.45) is 0 Å². The molecule has 0 radical (unpaired) electrons. The minimum atomic E-state index is 0.701. The maximum atomic E-state index is 6.64. The van der Waals surface area contributed by atoms with Gasteiger partial charge in [-0.05, 0) is 69.8 Å². The van der Waals surface area contributed by atoms with Gasteiger partial charge in [0.1, 0.15) is 23.1 Å². The normalized spacial score (nSPS) is 11.9. The van der Waals surface area contributed by atoms with Gasteiger partial charge in [-0.2, -0.15) is 0 Å². The second-order valence-corrected chi connectivity index (χ2v) is 15.0. The third-order valence-corrected chi connectivity index (χ3v) is 12.5. The summed E-state index contributed by atoms with van der Waals surface area (Å²) in [6.45, 7) is 0. The monoisotopic (exact) mass is 686 g/mol. The molecule has 0 N–H and O–H groups in total. The summed E-state index contributed by atoms with van der Waals surface area (Å²) in [4.78, 5) is 9.47. The lowest BCUT2D eigenvalue weighted by Crippen LogP contribution is -1.88. The number of hydrogen-bond acceptors (Lipinski definition) is 5. The summed E-state index contributed by atoms with van der Waals surface area (Å²) in [6.07, 6.45) is 1.65. The molecule has 0 saturated heterocycles. The van der Waals surface area contributed by atoms with Gasteiger partial charge in [0, 0.05) is 51.3 Å². The van der Waals surface area contributed by atoms with E-state index in [2.05, 4.69) is 152 Å². The zero-order chi connectivity index (χ0) is 33.5. The number of benzene rings is 7. The summed E-state index contributed by atoms with van der Waals surface area (Å²) in [5.41, 5.74) is 11.2. The van der Waals surface area contributed by atoms with Crippen LogP contribution < -0.4 is 0 Å². The molecule has 0 aliphatic heterocycles. The van der Waals surface area contributed by atoms with Gasteiger partial charge in [0.25, 0.3) is 0 Å². The van der Waals surface area contributed by atoms with Crippen LogP contribution in [-0.2, 0) is 0 Å². The quantitative estimate of drug-likeness (QED) is 0.185. The number of fused-ring (bicyclic) bond motifs is 9. The summed E-state index contributed by atoms with van der Waals surface area (Å²) in [6, 6.07) is 54.4. The van der Waals surface area contributed by atoms with E-state index in [1.165, 1.54) is 57.0 Å². The van der Waals surface area contributed by atoms with E-state index in [1.807, 2.05) is 22.7 Å². The van der Waals surface area contributed by atoms with Gasteiger partial charge in [0.05, 0.1) is 0 Å². The van der Waals surface area contributed by atoms with E-state index in [9.17, 15) is 0 Å². The number of rotatable bonds is 4. The molecule has 4 aromatic heterocycles. The fourth-order valence-electron chi connectivity index (χ4n) is 7.61. The van der Waals surface area contributed by atoms with Crippen molar-refractivity contribution in [3.8, 4) is 44.6 Å². The predicted octanol–water partition coefficient (Wildman–Crippen LogP) is 13.8. The Balaban J connectivity index is 1.000. The molecule has 0 amide bonds. The lowest BCUT2D eigenvalue weighted by Gasteiger charge is -2.07. The summed E-state index contributed by atoms with van der Waals surface area (Å²) in [5, 5.41) is 6.19. The van der Waals surface area contributed by atoms with Crippen LogP contribution in [0, 0.1) is 0 Å². The van der Waals surface area contributed by atoms with Gasteiger partial charge in [0.15, 0.2) is 5.58 Å². The van der Waals surface area contributed by atoms with Gasteiger partial charge < -0.3 is 4.42 Å². The fourth-order valence-corrected chi connectivity index (χ4v) is 10.1. The zero-order valence-electron chi connectivity index (χ0n) is 27.1. The number of furan rings is 1. The maximum Gasteiger partial charge on any atom is 0.180 e. The number of nitrogens with zero attached hydrogens (tertiary/aromatic N) is 2. The van der Waals surface area contributed by atoms with Crippen LogP contribution in [0.2, 0.25) is 0 Å². The lowest BCUT2D eigenvalue weighted by atomic mass is 9.97. The second-order valence-electron chi connectivity index (χ2n) is 12.9. The average Bonchev–Trinajstić information content (AvgIpc) is 3.89. The van der Waals surface area contributed by atoms with Crippen LogP contribution in [0.1, 0.15) is 0 Å². The Bertz CT molecular complexity index is 3170. The molecular formula is C46H26N2OS2. The smallest absolute Gasteiger partial charge is 0.180 e. The van der Waals surface area contributed by atoms with Crippen molar-refractivity contribution in [3.63, 3.8) is 0 Å². The average molecular weight is 687 g/mol. The van der Waals surface area contributed by atoms with Gasteiger partial charge in [-0.3, -0.25) is 0 Å². The largest absolute Gasteiger partial charge is 0.452 e. The third kappa shape index (κ3) is 4.49. The molecule has 0 fully saturated rings. The zero-order valence-corrected chi connectivity index (χ0v) is 28.8. The van der Waals surface area contributed by atoms with E-state index in [0.29, 0.717) is 5.58 Å². The Kier molecular flexibility index (Phi) is 6.29. The SMILES string of the molecule is c1cc(-c2ccc3c(c2)oc2c(-c4cccc(-c5cccc6c5sc5ccccc56)c4)ncnc23)cc(-c2cccc3c2sc2ccccc23)c1. The van der Waals surface area contributed by atoms with Crippen LogP contribution in [0.4, 0.5) is 0 Å². The third-order valence-electron chi connectivity index (χ3n) is 10.0. The fraction of sp³-hybridized carbons (Fsp3) is 0. The molecule has 4 heterocycles. The van der Waals surface area contributed by atoms with Crippen molar-refractivity contribution in [1.29, 1.82) is 0 Å². The van der Waals surface area contributed by atoms with Crippen molar-refractivity contribution >= 4 is 85.1 Å². The molecule has 0 aliphatic rings. The Labute approximate surface area is 300 Å². The minimum absolute atomic E-state index is 0.701. The molecule has 11 rings (SSSR count). The highest BCUT2D eigenvalue weighted by Gasteiger charge is 2.18. The molecule has 0 bridgehead atoms. The van der Waals surface area contributed by atoms with E-state index in [-0.39, 0.29) is 0 Å². The van der Waals surface area contributed by atoms with Gasteiger partial charge in [0.2, 0.25) is 0 Å². The summed E-state index contributed by atoms with van der Waals surface area (Å²) < 4.78 is 11.9. The van der Waals surface area contributed by atoms with Crippen LogP contribution in [-0.4, -0.2) is 9.97 Å². The maximum absolute atomic E-state index is 6.64. The van der Waals surface area contributed by atoms with Gasteiger partial charge in [-0.1, -0.05) is 115 Å². The molecule has 11 aromatic rings. The topological polar surface area (TPSA) is 38.9 Å². The highest BCUT2D eigenvalue weighted by atomic mass is 32.1. The molecular weight excluding hydrogens is 661 g/mol. The van der Waals surface area contributed by atoms with E-state index in [1.54, 1.807) is 6.33 Å². The van der Waals surface area contributed by atoms with Crippen molar-refractivity contribution in [2.75, 3.05) is 0 Å². The lowest BCUT2D eigenvalue weighted by molar-refractivity contribution is 0.667. The number of hydrogen-bond donors (Lipinski definition) is 0. The molecule has 0 saturated carbocycles. The molecule has 3 nitrogen and oxygen atoms in total. The highest BCUT2D eigenvalue weighted by Crippen LogP contribution is 2.43. The molecule has 0 spiro atoms. The number of aromatic nitrogens is 2. The van der Waals surface area contributed by atoms with Gasteiger partial charge >= 0.3 is 0 Å². The van der Waals surface area contributed by atoms with E-state index < -0.39 is 0 Å². The van der Waals surface area contributed by atoms with Crippen molar-refractivity contribution in [2.45, 2.75) is 0 Å². The summed E-state index contributed by atoms with van der Waals surface area (Å²) in [7, 11) is 0. The van der Waals surface area contributed by atoms with Crippen LogP contribution in [0.25, 0.3) is 107 Å². The van der Waals surface area contributed by atoms with E-state index >= 15 is 0 Å². The van der Waals surface area contributed by atoms with Crippen molar-refractivity contribution < 1.29 is 4.42 Å². The van der Waals surface area contributed by atoms with Crippen molar-refractivity contribution in [3.05, 3.63) is 158 Å². The Morgan fingerprint density at radius 2 is 0.961 bits per heavy atom. The first-order valence-electron chi connectivity index (χ1n) is 17.0. The Morgan fingerprint density at radius 3 is 1.65 bits per heavy atom. The minimum Gasteiger partial charge on any atom is -0.452 e. The molecule has 7 aromatic carbocycles. The highest BCUT2D eigenvalue weighted by molar-refractivity contribution is 7.26. The van der Waals surface area contributed by atoms with Gasteiger partial charge in [-0.25, -0.2) is 9.97 Å². The first-order valence-corrected chi connectivity index (χ1v) is 18.6. The van der Waals surface area contributed by atoms with Crippen LogP contribution in [0.3, 0.4) is 0 Å². The standard InChI is InChI=1S/C46H26N2OS2/c1-3-19-40-34(13-1)36-17-7-15-32(45(36)50-40)29-10-5-9-27(23-29)28-21-22-38-39(25-28)49-44-42(47-26-48-43(38)44)31-12-6-11-30(24-31)33-16-8-18-37-35-14-2-4-20-41(35)51-46(33)37/h1-26H. The van der Waals surface area contributed by atoms with Crippen LogP contribution >= 0.6 is 22.7 Å². The van der Waals surface area contributed by atoms with E-state index in [0.717, 1.165) is 44.4 Å².